The van der Waals surface area contributed by atoms with E-state index in [2.05, 4.69) is 34.6 Å². The molecule has 156 valence electrons. The zero-order valence-corrected chi connectivity index (χ0v) is 18.4. The van der Waals surface area contributed by atoms with Crippen LogP contribution in [0.15, 0.2) is 0 Å². The average Bonchev–Trinajstić information content (AvgIpc) is 2.90. The Morgan fingerprint density at radius 2 is 1.59 bits per heavy atom. The van der Waals surface area contributed by atoms with Crippen molar-refractivity contribution in [1.29, 1.82) is 0 Å². The summed E-state index contributed by atoms with van der Waals surface area (Å²) in [6.45, 7) is 16.1. The third-order valence-corrected chi connectivity index (χ3v) is 8.96. The van der Waals surface area contributed by atoms with Crippen LogP contribution in [0.4, 0.5) is 0 Å². The molecule has 2 aliphatic heterocycles. The highest BCUT2D eigenvalue weighted by Crippen LogP contribution is 2.65. The van der Waals surface area contributed by atoms with Crippen LogP contribution in [0.2, 0.25) is 0 Å². The van der Waals surface area contributed by atoms with Crippen molar-refractivity contribution < 1.29 is 19.3 Å². The van der Waals surface area contributed by atoms with Crippen LogP contribution in [0.25, 0.3) is 0 Å². The molecule has 4 heteroatoms. The minimum atomic E-state index is -0.551. The van der Waals surface area contributed by atoms with Gasteiger partial charge in [0.15, 0.2) is 5.79 Å². The van der Waals surface area contributed by atoms with Crippen LogP contribution in [0.5, 0.6) is 0 Å². The highest BCUT2D eigenvalue weighted by Gasteiger charge is 2.66. The molecule has 0 bridgehead atoms. The van der Waals surface area contributed by atoms with Gasteiger partial charge in [0.05, 0.1) is 23.9 Å². The molecule has 0 aromatic heterocycles. The third kappa shape index (κ3) is 2.93. The average molecular weight is 381 g/mol. The van der Waals surface area contributed by atoms with Crippen molar-refractivity contribution in [2.45, 2.75) is 116 Å². The highest BCUT2D eigenvalue weighted by molar-refractivity contribution is 5.14. The molecule has 2 heterocycles. The number of aliphatic hydroxyl groups is 1. The lowest BCUT2D eigenvalue weighted by Crippen LogP contribution is -2.69. The molecule has 0 radical (unpaired) electrons. The Bertz CT molecular complexity index is 601. The SMILES string of the molecule is CC1(C)OC[C@H]([C@@]2(C)CC[C@@H]3[C@@]4(C)CCCC(C)(C)[C@@H]4C[C@H](O)[C@@]3(C)O2)O1. The van der Waals surface area contributed by atoms with Crippen LogP contribution >= 0.6 is 0 Å². The predicted octanol–water partition coefficient (Wildman–Crippen LogP) is 4.68. The summed E-state index contributed by atoms with van der Waals surface area (Å²) in [5.74, 6) is 0.399. The van der Waals surface area contributed by atoms with Crippen molar-refractivity contribution in [1.82, 2.24) is 0 Å². The first-order valence-electron chi connectivity index (χ1n) is 11.0. The van der Waals surface area contributed by atoms with Crippen LogP contribution in [0.3, 0.4) is 0 Å². The van der Waals surface area contributed by atoms with Gasteiger partial charge in [0.2, 0.25) is 0 Å². The summed E-state index contributed by atoms with van der Waals surface area (Å²) in [7, 11) is 0. The molecule has 1 N–H and O–H groups in total. The van der Waals surface area contributed by atoms with Crippen LogP contribution < -0.4 is 0 Å². The van der Waals surface area contributed by atoms with Gasteiger partial charge < -0.3 is 19.3 Å². The topological polar surface area (TPSA) is 47.9 Å². The molecule has 0 amide bonds. The zero-order valence-electron chi connectivity index (χ0n) is 18.4. The van der Waals surface area contributed by atoms with Crippen LogP contribution in [-0.4, -0.2) is 40.9 Å². The van der Waals surface area contributed by atoms with Gasteiger partial charge in [-0.2, -0.15) is 0 Å². The van der Waals surface area contributed by atoms with E-state index in [9.17, 15) is 5.11 Å². The second kappa shape index (κ2) is 5.93. The Hall–Kier alpha value is -0.160. The summed E-state index contributed by atoms with van der Waals surface area (Å²) < 4.78 is 18.9. The molecule has 4 fully saturated rings. The minimum absolute atomic E-state index is 0.0780. The maximum Gasteiger partial charge on any atom is 0.163 e. The van der Waals surface area contributed by atoms with Gasteiger partial charge in [-0.1, -0.05) is 27.2 Å². The van der Waals surface area contributed by atoms with E-state index in [0.29, 0.717) is 23.9 Å². The molecule has 0 unspecified atom stereocenters. The van der Waals surface area contributed by atoms with E-state index >= 15 is 0 Å². The Labute approximate surface area is 165 Å². The van der Waals surface area contributed by atoms with Gasteiger partial charge in [-0.05, 0) is 82.5 Å². The fourth-order valence-electron chi connectivity index (χ4n) is 7.47. The molecule has 4 nitrogen and oxygen atoms in total. The summed E-state index contributed by atoms with van der Waals surface area (Å²) in [5.41, 5.74) is -0.388. The van der Waals surface area contributed by atoms with Gasteiger partial charge in [0.25, 0.3) is 0 Å². The van der Waals surface area contributed by atoms with E-state index < -0.39 is 23.1 Å². The maximum absolute atomic E-state index is 11.3. The van der Waals surface area contributed by atoms with Crippen LogP contribution in [0, 0.1) is 22.7 Å². The maximum atomic E-state index is 11.3. The number of rotatable bonds is 1. The van der Waals surface area contributed by atoms with Gasteiger partial charge in [0.1, 0.15) is 6.10 Å². The minimum Gasteiger partial charge on any atom is -0.390 e. The van der Waals surface area contributed by atoms with Crippen molar-refractivity contribution in [3.8, 4) is 0 Å². The van der Waals surface area contributed by atoms with E-state index in [0.717, 1.165) is 19.3 Å². The van der Waals surface area contributed by atoms with E-state index in [-0.39, 0.29) is 11.5 Å². The van der Waals surface area contributed by atoms with Gasteiger partial charge in [-0.25, -0.2) is 0 Å². The van der Waals surface area contributed by atoms with Gasteiger partial charge in [0, 0.05) is 0 Å². The Balaban J connectivity index is 1.64. The molecule has 4 aliphatic rings. The highest BCUT2D eigenvalue weighted by atomic mass is 16.8. The fraction of sp³-hybridized carbons (Fsp3) is 1.00. The lowest BCUT2D eigenvalue weighted by molar-refractivity contribution is -0.319. The summed E-state index contributed by atoms with van der Waals surface area (Å²) in [6, 6.07) is 0. The first-order chi connectivity index (χ1) is 12.3. The normalized spacial score (nSPS) is 54.2. The number of ether oxygens (including phenoxy) is 3. The van der Waals surface area contributed by atoms with Crippen molar-refractivity contribution in [2.24, 2.45) is 22.7 Å². The van der Waals surface area contributed by atoms with E-state index in [4.69, 9.17) is 14.2 Å². The lowest BCUT2D eigenvalue weighted by atomic mass is 9.43. The fourth-order valence-corrected chi connectivity index (χ4v) is 7.47. The molecule has 0 aromatic rings. The molecule has 4 rings (SSSR count). The van der Waals surface area contributed by atoms with Crippen LogP contribution in [-0.2, 0) is 14.2 Å². The monoisotopic (exact) mass is 380 g/mol. The number of fused-ring (bicyclic) bond motifs is 3. The smallest absolute Gasteiger partial charge is 0.163 e. The molecule has 2 aliphatic carbocycles. The molecular formula is C23H40O4. The van der Waals surface area contributed by atoms with Crippen molar-refractivity contribution >= 4 is 0 Å². The van der Waals surface area contributed by atoms with Crippen molar-refractivity contribution in [3.05, 3.63) is 0 Å². The largest absolute Gasteiger partial charge is 0.390 e. The zero-order chi connectivity index (χ0) is 19.9. The van der Waals surface area contributed by atoms with Crippen molar-refractivity contribution in [2.75, 3.05) is 6.61 Å². The molecule has 0 aromatic carbocycles. The molecular weight excluding hydrogens is 340 g/mol. The predicted molar refractivity (Wildman–Crippen MR) is 105 cm³/mol. The quantitative estimate of drug-likeness (QED) is 0.717. The second-order valence-corrected chi connectivity index (χ2v) is 11.7. The Morgan fingerprint density at radius 3 is 2.22 bits per heavy atom. The van der Waals surface area contributed by atoms with Gasteiger partial charge >= 0.3 is 0 Å². The summed E-state index contributed by atoms with van der Waals surface area (Å²) in [5, 5.41) is 11.3. The van der Waals surface area contributed by atoms with Gasteiger partial charge in [-0.3, -0.25) is 0 Å². The lowest BCUT2D eigenvalue weighted by Gasteiger charge is -2.67. The second-order valence-electron chi connectivity index (χ2n) is 11.7. The van der Waals surface area contributed by atoms with E-state index in [1.807, 2.05) is 13.8 Å². The molecule has 27 heavy (non-hydrogen) atoms. The molecule has 0 spiro atoms. The first-order valence-corrected chi connectivity index (χ1v) is 11.0. The molecule has 7 atom stereocenters. The standard InChI is InChI=1S/C23H40O4/c1-19(2)10-8-11-21(5)15-9-12-22(6,18-14-25-20(3,4)26-18)27-23(15,7)17(24)13-16(19)21/h15-18,24H,8-14H2,1-7H3/t15-,16+,17+,18-,21-,22-,23+/m1/s1. The number of aliphatic hydroxyl groups excluding tert-OH is 1. The van der Waals surface area contributed by atoms with E-state index in [1.165, 1.54) is 19.3 Å². The van der Waals surface area contributed by atoms with Crippen LogP contribution in [0.1, 0.15) is 87.0 Å². The summed E-state index contributed by atoms with van der Waals surface area (Å²) >= 11 is 0. The number of hydrogen-bond donors (Lipinski definition) is 1. The molecule has 2 saturated carbocycles. The van der Waals surface area contributed by atoms with Crippen molar-refractivity contribution in [3.63, 3.8) is 0 Å². The summed E-state index contributed by atoms with van der Waals surface area (Å²) in [6.07, 6.45) is 6.21. The first kappa shape index (κ1) is 20.1. The number of hydrogen-bond acceptors (Lipinski definition) is 4. The Kier molecular flexibility index (Phi) is 4.42. The summed E-state index contributed by atoms with van der Waals surface area (Å²) in [4.78, 5) is 0. The Morgan fingerprint density at radius 1 is 0.889 bits per heavy atom. The third-order valence-electron chi connectivity index (χ3n) is 8.96. The van der Waals surface area contributed by atoms with Gasteiger partial charge in [-0.15, -0.1) is 0 Å². The molecule has 2 saturated heterocycles. The van der Waals surface area contributed by atoms with E-state index in [1.54, 1.807) is 0 Å².